The second-order valence-corrected chi connectivity index (χ2v) is 10.6. The summed E-state index contributed by atoms with van der Waals surface area (Å²) in [6.45, 7) is 0.856. The van der Waals surface area contributed by atoms with Crippen LogP contribution in [0.1, 0.15) is 11.1 Å². The number of fused-ring (bicyclic) bond motifs is 2. The Morgan fingerprint density at radius 2 is 1.45 bits per heavy atom. The molecule has 0 fully saturated rings. The molecule has 1 unspecified atom stereocenters. The van der Waals surface area contributed by atoms with E-state index in [1.807, 2.05) is 104 Å². The highest BCUT2D eigenvalue weighted by atomic mass is 16.3. The minimum Gasteiger partial charge on any atom is -0.390 e. The van der Waals surface area contributed by atoms with Crippen molar-refractivity contribution in [2.24, 2.45) is 0 Å². The molecule has 0 aliphatic carbocycles. The zero-order valence-electron chi connectivity index (χ0n) is 22.7. The second-order valence-electron chi connectivity index (χ2n) is 10.6. The molecule has 2 amide bonds. The lowest BCUT2D eigenvalue weighted by Crippen LogP contribution is -2.29. The molecule has 1 aliphatic rings. The standard InChI is InChI=1S/C29H34N6O3/c1-32(2)14-19(36)15-35-16-23(21-12-18(34(5)6)8-10-25(21)35)27-26(28(37)31-29(27)38)22-13-30-24-9-7-17(33(3)4)11-20(22)24/h7-13,16,19,30,36H,14-15H2,1-6H3,(H,31,37,38). The van der Waals surface area contributed by atoms with E-state index in [9.17, 15) is 14.7 Å². The normalized spacial score (nSPS) is 14.7. The van der Waals surface area contributed by atoms with Gasteiger partial charge in [-0.2, -0.15) is 0 Å². The van der Waals surface area contributed by atoms with E-state index in [-0.39, 0.29) is 0 Å². The van der Waals surface area contributed by atoms with E-state index in [1.165, 1.54) is 0 Å². The van der Waals surface area contributed by atoms with Crippen LogP contribution >= 0.6 is 0 Å². The van der Waals surface area contributed by atoms with Crippen LogP contribution in [0.5, 0.6) is 0 Å². The van der Waals surface area contributed by atoms with Gasteiger partial charge in [0.05, 0.1) is 17.3 Å². The number of hydrogen-bond acceptors (Lipinski definition) is 6. The van der Waals surface area contributed by atoms with Gasteiger partial charge in [0.1, 0.15) is 0 Å². The number of carbonyl (C=O) groups excluding carboxylic acids is 2. The zero-order valence-corrected chi connectivity index (χ0v) is 22.7. The fourth-order valence-electron chi connectivity index (χ4n) is 5.18. The maximum absolute atomic E-state index is 13.4. The number of nitrogens with one attached hydrogen (secondary N) is 2. The lowest BCUT2D eigenvalue weighted by molar-refractivity contribution is -0.122. The molecule has 0 radical (unpaired) electrons. The Kier molecular flexibility index (Phi) is 6.50. The summed E-state index contributed by atoms with van der Waals surface area (Å²) in [5, 5.41) is 15.0. The number of aliphatic hydroxyl groups excluding tert-OH is 1. The van der Waals surface area contributed by atoms with Crippen LogP contribution in [0.25, 0.3) is 33.0 Å². The maximum atomic E-state index is 13.4. The zero-order chi connectivity index (χ0) is 27.3. The van der Waals surface area contributed by atoms with Crippen LogP contribution in [0.15, 0.2) is 48.8 Å². The fourth-order valence-corrected chi connectivity index (χ4v) is 5.18. The number of aromatic nitrogens is 2. The summed E-state index contributed by atoms with van der Waals surface area (Å²) in [6, 6.07) is 12.0. The molecule has 0 bridgehead atoms. The van der Waals surface area contributed by atoms with Gasteiger partial charge in [0.25, 0.3) is 11.8 Å². The quantitative estimate of drug-likeness (QED) is 0.313. The van der Waals surface area contributed by atoms with E-state index in [2.05, 4.69) is 10.3 Å². The Labute approximate surface area is 221 Å². The van der Waals surface area contributed by atoms with Crippen LogP contribution in [0, 0.1) is 0 Å². The first-order chi connectivity index (χ1) is 18.0. The van der Waals surface area contributed by atoms with Crippen molar-refractivity contribution in [3.8, 4) is 0 Å². The van der Waals surface area contributed by atoms with E-state index >= 15 is 0 Å². The van der Waals surface area contributed by atoms with Gasteiger partial charge >= 0.3 is 0 Å². The summed E-state index contributed by atoms with van der Waals surface area (Å²) in [6.07, 6.45) is 3.08. The first-order valence-electron chi connectivity index (χ1n) is 12.6. The van der Waals surface area contributed by atoms with Crippen LogP contribution in [0.2, 0.25) is 0 Å². The van der Waals surface area contributed by atoms with E-state index < -0.39 is 17.9 Å². The highest BCUT2D eigenvalue weighted by Gasteiger charge is 2.35. The van der Waals surface area contributed by atoms with Gasteiger partial charge in [-0.25, -0.2) is 0 Å². The Bertz CT molecular complexity index is 1590. The predicted molar refractivity (Wildman–Crippen MR) is 153 cm³/mol. The molecule has 9 nitrogen and oxygen atoms in total. The number of H-pyrrole nitrogens is 1. The van der Waals surface area contributed by atoms with Gasteiger partial charge in [-0.05, 0) is 50.5 Å². The van der Waals surface area contributed by atoms with Crippen molar-refractivity contribution in [1.29, 1.82) is 0 Å². The highest BCUT2D eigenvalue weighted by Crippen LogP contribution is 2.39. The number of aromatic amines is 1. The van der Waals surface area contributed by atoms with Crippen LogP contribution in [0.4, 0.5) is 11.4 Å². The number of likely N-dealkylation sites (N-methyl/N-ethyl adjacent to an activating group) is 1. The average Bonchev–Trinajstić information content (AvgIpc) is 3.50. The Hall–Kier alpha value is -4.08. The molecule has 38 heavy (non-hydrogen) atoms. The van der Waals surface area contributed by atoms with Crippen LogP contribution < -0.4 is 15.1 Å². The molecule has 1 aliphatic heterocycles. The van der Waals surface area contributed by atoms with Gasteiger partial charge < -0.3 is 29.4 Å². The lowest BCUT2D eigenvalue weighted by Gasteiger charge is -2.17. The van der Waals surface area contributed by atoms with Crippen molar-refractivity contribution in [3.63, 3.8) is 0 Å². The van der Waals surface area contributed by atoms with E-state index in [0.29, 0.717) is 35.4 Å². The maximum Gasteiger partial charge on any atom is 0.259 e. The molecule has 3 heterocycles. The summed E-state index contributed by atoms with van der Waals surface area (Å²) < 4.78 is 1.97. The Morgan fingerprint density at radius 1 is 0.842 bits per heavy atom. The van der Waals surface area contributed by atoms with Gasteiger partial charge in [-0.3, -0.25) is 14.9 Å². The Morgan fingerprint density at radius 3 is 2.08 bits per heavy atom. The molecule has 3 N–H and O–H groups in total. The van der Waals surface area contributed by atoms with E-state index in [0.717, 1.165) is 33.2 Å². The summed E-state index contributed by atoms with van der Waals surface area (Å²) >= 11 is 0. The molecule has 9 heteroatoms. The van der Waals surface area contributed by atoms with Crippen molar-refractivity contribution < 1.29 is 14.7 Å². The first kappa shape index (κ1) is 25.6. The SMILES string of the molecule is CN(C)CC(O)Cn1cc(C2=C(c3c[nH]c4ccc(N(C)C)cc34)C(=O)NC2=O)c2cc(N(C)C)ccc21. The van der Waals surface area contributed by atoms with E-state index in [4.69, 9.17) is 0 Å². The fraction of sp³-hybridized carbons (Fsp3) is 0.310. The van der Waals surface area contributed by atoms with Crippen LogP contribution in [0.3, 0.4) is 0 Å². The third-order valence-electron chi connectivity index (χ3n) is 7.02. The number of hydrogen-bond donors (Lipinski definition) is 3. The Balaban J connectivity index is 1.75. The van der Waals surface area contributed by atoms with Gasteiger partial charge in [-0.15, -0.1) is 0 Å². The first-order valence-corrected chi connectivity index (χ1v) is 12.6. The number of benzene rings is 2. The van der Waals surface area contributed by atoms with Gasteiger partial charge in [-0.1, -0.05) is 0 Å². The second kappa shape index (κ2) is 9.66. The number of aliphatic hydroxyl groups is 1. The molecule has 2 aromatic heterocycles. The third kappa shape index (κ3) is 4.44. The molecular formula is C29H34N6O3. The number of rotatable bonds is 8. The number of nitrogens with zero attached hydrogens (tertiary/aromatic N) is 4. The molecule has 0 spiro atoms. The third-order valence-corrected chi connectivity index (χ3v) is 7.02. The lowest BCUT2D eigenvalue weighted by atomic mass is 9.95. The minimum absolute atomic E-state index is 0.341. The monoisotopic (exact) mass is 514 g/mol. The summed E-state index contributed by atoms with van der Waals surface area (Å²) in [7, 11) is 11.7. The van der Waals surface area contributed by atoms with Crippen molar-refractivity contribution in [1.82, 2.24) is 19.8 Å². The number of imide groups is 1. The van der Waals surface area contributed by atoms with Crippen molar-refractivity contribution in [3.05, 3.63) is 59.9 Å². The van der Waals surface area contributed by atoms with Crippen LogP contribution in [-0.2, 0) is 16.1 Å². The molecule has 198 valence electrons. The van der Waals surface area contributed by atoms with Crippen molar-refractivity contribution >= 4 is 56.1 Å². The minimum atomic E-state index is -0.604. The summed E-state index contributed by atoms with van der Waals surface area (Å²) in [4.78, 5) is 35.8. The molecule has 1 atom stereocenters. The van der Waals surface area contributed by atoms with Crippen molar-refractivity contribution in [2.45, 2.75) is 12.6 Å². The number of anilines is 2. The molecule has 4 aromatic rings. The predicted octanol–water partition coefficient (Wildman–Crippen LogP) is 2.74. The van der Waals surface area contributed by atoms with E-state index in [1.54, 1.807) is 6.20 Å². The summed E-state index contributed by atoms with van der Waals surface area (Å²) in [5.74, 6) is -0.843. The molecule has 2 aromatic carbocycles. The average molecular weight is 515 g/mol. The largest absolute Gasteiger partial charge is 0.390 e. The molecular weight excluding hydrogens is 480 g/mol. The smallest absolute Gasteiger partial charge is 0.259 e. The van der Waals surface area contributed by atoms with Gasteiger partial charge in [0, 0.05) is 98.0 Å². The van der Waals surface area contributed by atoms with Crippen molar-refractivity contribution in [2.75, 3.05) is 58.6 Å². The van der Waals surface area contributed by atoms with Crippen LogP contribution in [-0.4, -0.2) is 86.3 Å². The molecule has 0 saturated heterocycles. The number of amides is 2. The molecule has 0 saturated carbocycles. The molecule has 5 rings (SSSR count). The topological polar surface area (TPSA) is 96.8 Å². The highest BCUT2D eigenvalue weighted by molar-refractivity contribution is 6.50. The van der Waals surface area contributed by atoms with Gasteiger partial charge in [0.2, 0.25) is 0 Å². The van der Waals surface area contributed by atoms with Gasteiger partial charge in [0.15, 0.2) is 0 Å². The summed E-state index contributed by atoms with van der Waals surface area (Å²) in [5.41, 5.74) is 5.77. The number of carbonyl (C=O) groups is 2.